The third-order valence-electron chi connectivity index (χ3n) is 6.65. The number of allylic oxidation sites excluding steroid dienone is 1. The minimum absolute atomic E-state index is 0.0155. The lowest BCUT2D eigenvalue weighted by Crippen LogP contribution is -2.57. The minimum Gasteiger partial charge on any atom is -0.492 e. The van der Waals surface area contributed by atoms with Crippen LogP contribution in [-0.2, 0) is 14.4 Å². The molecule has 0 spiro atoms. The van der Waals surface area contributed by atoms with Gasteiger partial charge in [0.05, 0.1) is 12.3 Å². The number of carbonyl (C=O) groups excluding carboxylic acids is 4. The lowest BCUT2D eigenvalue weighted by Gasteiger charge is -2.30. The van der Waals surface area contributed by atoms with Crippen molar-refractivity contribution in [1.29, 1.82) is 0 Å². The molecular weight excluding hydrogens is 468 g/mol. The van der Waals surface area contributed by atoms with E-state index in [2.05, 4.69) is 10.6 Å². The maximum absolute atomic E-state index is 13.4. The zero-order valence-corrected chi connectivity index (χ0v) is 20.8. The van der Waals surface area contributed by atoms with Crippen molar-refractivity contribution in [3.8, 4) is 5.75 Å². The molecule has 2 N–H and O–H groups in total. The number of nitrogens with one attached hydrogen (secondary N) is 2. The number of benzene rings is 1. The summed E-state index contributed by atoms with van der Waals surface area (Å²) in [6, 6.07) is 6.65. The van der Waals surface area contributed by atoms with E-state index in [1.165, 1.54) is 21.2 Å². The van der Waals surface area contributed by atoms with E-state index in [0.717, 1.165) is 25.7 Å². The van der Waals surface area contributed by atoms with Gasteiger partial charge in [-0.3, -0.25) is 9.59 Å². The van der Waals surface area contributed by atoms with E-state index in [4.69, 9.17) is 4.74 Å². The predicted octanol–water partition coefficient (Wildman–Crippen LogP) is 2.62. The van der Waals surface area contributed by atoms with E-state index in [1.807, 2.05) is 13.0 Å². The highest BCUT2D eigenvalue weighted by Crippen LogP contribution is 2.33. The Kier molecular flexibility index (Phi) is 7.90. The Balaban J connectivity index is 1.46. The van der Waals surface area contributed by atoms with Crippen molar-refractivity contribution in [3.63, 3.8) is 0 Å². The van der Waals surface area contributed by atoms with Gasteiger partial charge in [-0.05, 0) is 62.1 Å². The normalized spacial score (nSPS) is 23.8. The Morgan fingerprint density at radius 2 is 1.91 bits per heavy atom. The first-order chi connectivity index (χ1) is 16.9. The molecule has 0 aromatic heterocycles. The Hall–Kier alpha value is -3.14. The third kappa shape index (κ3) is 5.42. The molecule has 35 heavy (non-hydrogen) atoms. The van der Waals surface area contributed by atoms with Crippen LogP contribution in [0.2, 0.25) is 0 Å². The first kappa shape index (κ1) is 25.0. The number of para-hydroxylation sites is 2. The molecule has 2 aliphatic heterocycles. The van der Waals surface area contributed by atoms with Crippen LogP contribution in [0, 0.1) is 11.8 Å². The number of thioether (sulfide) groups is 1. The van der Waals surface area contributed by atoms with Crippen LogP contribution in [0.25, 0.3) is 0 Å². The fourth-order valence-electron chi connectivity index (χ4n) is 4.83. The summed E-state index contributed by atoms with van der Waals surface area (Å²) < 4.78 is 6.97. The number of carbonyl (C=O) groups is 4. The highest BCUT2D eigenvalue weighted by Gasteiger charge is 2.50. The number of hydrogen-bond donors (Lipinski definition) is 2. The van der Waals surface area contributed by atoms with Crippen LogP contribution in [0.5, 0.6) is 5.75 Å². The second kappa shape index (κ2) is 11.1. The maximum atomic E-state index is 13.4. The van der Waals surface area contributed by atoms with Gasteiger partial charge in [0, 0.05) is 13.0 Å². The molecule has 1 aromatic carbocycles. The predicted molar refractivity (Wildman–Crippen MR) is 134 cm³/mol. The van der Waals surface area contributed by atoms with Crippen molar-refractivity contribution >= 4 is 46.9 Å². The second-order valence-electron chi connectivity index (χ2n) is 8.87. The number of ether oxygens (including phenoxy) is 1. The van der Waals surface area contributed by atoms with Crippen molar-refractivity contribution in [2.75, 3.05) is 32.1 Å². The molecule has 1 atom stereocenters. The summed E-state index contributed by atoms with van der Waals surface area (Å²) >= 11 is 1.35. The fraction of sp³-hybridized carbons (Fsp3) is 0.480. The summed E-state index contributed by atoms with van der Waals surface area (Å²) in [5.41, 5.74) is 1.07. The van der Waals surface area contributed by atoms with Gasteiger partial charge in [0.15, 0.2) is 11.8 Å². The number of rotatable bonds is 8. The molecule has 3 aliphatic rings. The molecule has 0 bridgehead atoms. The second-order valence-corrected chi connectivity index (χ2v) is 9.89. The molecule has 9 nitrogen and oxygen atoms in total. The van der Waals surface area contributed by atoms with Crippen LogP contribution in [-0.4, -0.2) is 70.9 Å². The molecule has 1 unspecified atom stereocenters. The summed E-state index contributed by atoms with van der Waals surface area (Å²) in [7, 11) is 1.64. The minimum atomic E-state index is -0.529. The van der Waals surface area contributed by atoms with Crippen molar-refractivity contribution in [2.24, 2.45) is 11.8 Å². The van der Waals surface area contributed by atoms with Crippen LogP contribution in [0.15, 0.2) is 35.7 Å². The van der Waals surface area contributed by atoms with Crippen molar-refractivity contribution in [2.45, 2.75) is 37.9 Å². The molecule has 2 heterocycles. The first-order valence-corrected chi connectivity index (χ1v) is 12.9. The molecule has 10 heteroatoms. The number of imide groups is 1. The molecule has 1 saturated carbocycles. The van der Waals surface area contributed by atoms with Gasteiger partial charge in [0.1, 0.15) is 18.0 Å². The molecule has 5 amide bonds. The quantitative estimate of drug-likeness (QED) is 0.533. The van der Waals surface area contributed by atoms with Gasteiger partial charge in [0.25, 0.3) is 5.91 Å². The van der Waals surface area contributed by atoms with Crippen LogP contribution >= 0.6 is 11.8 Å². The zero-order valence-electron chi connectivity index (χ0n) is 20.0. The highest BCUT2D eigenvalue weighted by atomic mass is 32.2. The van der Waals surface area contributed by atoms with E-state index in [9.17, 15) is 19.2 Å². The SMILES string of the molecule is CCOc1ccccc1NC(=O)C[N+]1=C2C=CSC2C(=O)N(CC2CCC(C(=O)NC)CC2)C1=O. The molecular formula is C25H31N4O5S+. The van der Waals surface area contributed by atoms with Gasteiger partial charge in [-0.15, -0.1) is 11.8 Å². The van der Waals surface area contributed by atoms with Crippen molar-refractivity contribution < 1.29 is 28.5 Å². The van der Waals surface area contributed by atoms with Crippen LogP contribution in [0.4, 0.5) is 10.5 Å². The topological polar surface area (TPSA) is 108 Å². The summed E-state index contributed by atoms with van der Waals surface area (Å²) in [5.74, 6) is 0.106. The Bertz CT molecular complexity index is 1080. The molecule has 4 rings (SSSR count). The third-order valence-corrected chi connectivity index (χ3v) is 7.66. The van der Waals surface area contributed by atoms with Crippen molar-refractivity contribution in [3.05, 3.63) is 35.7 Å². The summed E-state index contributed by atoms with van der Waals surface area (Å²) in [6.07, 6.45) is 4.76. The van der Waals surface area contributed by atoms with E-state index in [0.29, 0.717) is 30.3 Å². The van der Waals surface area contributed by atoms with Crippen LogP contribution < -0.4 is 15.4 Å². The molecule has 1 aliphatic carbocycles. The number of amides is 5. The Labute approximate surface area is 209 Å². The van der Waals surface area contributed by atoms with E-state index in [1.54, 1.807) is 36.7 Å². The molecule has 0 radical (unpaired) electrons. The van der Waals surface area contributed by atoms with Gasteiger partial charge in [-0.25, -0.2) is 4.79 Å². The smallest absolute Gasteiger partial charge is 0.492 e. The van der Waals surface area contributed by atoms with E-state index >= 15 is 0 Å². The first-order valence-electron chi connectivity index (χ1n) is 12.0. The standard InChI is InChI=1S/C25H30N4O5S/c1-3-34-20-7-5-4-6-18(20)27-21(30)15-28-19-12-13-35-22(19)24(32)29(25(28)33)14-16-8-10-17(11-9-16)23(31)26-2/h4-7,12-13,16-17,22H,3,8-11,14-15H2,1-2H3,(H-,26,27,30,31)/p+1. The van der Waals surface area contributed by atoms with Gasteiger partial charge >= 0.3 is 11.9 Å². The number of fused-ring (bicyclic) bond motifs is 1. The van der Waals surface area contributed by atoms with Crippen molar-refractivity contribution in [1.82, 2.24) is 10.2 Å². The fourth-order valence-corrected chi connectivity index (χ4v) is 5.80. The van der Waals surface area contributed by atoms with Crippen LogP contribution in [0.1, 0.15) is 32.6 Å². The lowest BCUT2D eigenvalue weighted by atomic mass is 9.81. The van der Waals surface area contributed by atoms with Gasteiger partial charge < -0.3 is 15.4 Å². The van der Waals surface area contributed by atoms with Gasteiger partial charge in [0.2, 0.25) is 5.91 Å². The highest BCUT2D eigenvalue weighted by molar-refractivity contribution is 8.04. The molecule has 0 saturated heterocycles. The molecule has 1 aromatic rings. The lowest BCUT2D eigenvalue weighted by molar-refractivity contribution is -0.426. The Morgan fingerprint density at radius 1 is 1.17 bits per heavy atom. The Morgan fingerprint density at radius 3 is 2.63 bits per heavy atom. The monoisotopic (exact) mass is 499 g/mol. The van der Waals surface area contributed by atoms with Crippen LogP contribution in [0.3, 0.4) is 0 Å². The molecule has 1 fully saturated rings. The zero-order chi connectivity index (χ0) is 24.9. The van der Waals surface area contributed by atoms with E-state index in [-0.39, 0.29) is 36.1 Å². The average Bonchev–Trinajstić information content (AvgIpc) is 3.36. The summed E-state index contributed by atoms with van der Waals surface area (Å²) in [4.78, 5) is 52.7. The number of urea groups is 1. The van der Waals surface area contributed by atoms with E-state index < -0.39 is 11.3 Å². The number of anilines is 1. The maximum Gasteiger partial charge on any atom is 0.501 e. The summed E-state index contributed by atoms with van der Waals surface area (Å²) in [6.45, 7) is 2.42. The number of hydrogen-bond acceptors (Lipinski definition) is 6. The average molecular weight is 500 g/mol. The number of nitrogens with zero attached hydrogens (tertiary/aromatic N) is 2. The van der Waals surface area contributed by atoms with Gasteiger partial charge in [-0.1, -0.05) is 12.1 Å². The largest absolute Gasteiger partial charge is 0.501 e. The summed E-state index contributed by atoms with van der Waals surface area (Å²) in [5, 5.41) is 6.79. The van der Waals surface area contributed by atoms with Gasteiger partial charge in [-0.2, -0.15) is 14.3 Å². The molecule has 186 valence electrons.